The molecule has 6 heteroatoms. The van der Waals surface area contributed by atoms with Crippen molar-refractivity contribution in [3.05, 3.63) is 227 Å². The number of pyridine rings is 1. The minimum Gasteiger partial charge on any atom is -0.509 e. The van der Waals surface area contributed by atoms with Gasteiger partial charge >= 0.3 is 0 Å². The average Bonchev–Trinajstić information content (AvgIpc) is 4.04. The first-order valence-electron chi connectivity index (χ1n) is 27.2. The molecule has 0 aliphatic carbocycles. The number of rotatable bonds is 11. The summed E-state index contributed by atoms with van der Waals surface area (Å²) in [5, 5.41) is 2.23. The monoisotopic (exact) mass is 1190 g/mol. The summed E-state index contributed by atoms with van der Waals surface area (Å²) in [6, 6.07) is 63.0. The molecule has 1 aliphatic rings. The van der Waals surface area contributed by atoms with Crippen LogP contribution in [-0.4, -0.2) is 9.55 Å². The molecule has 0 unspecified atom stereocenters. The van der Waals surface area contributed by atoms with E-state index in [2.05, 4.69) is 295 Å². The van der Waals surface area contributed by atoms with Crippen LogP contribution in [0.4, 0.5) is 11.4 Å². The molecule has 0 fully saturated rings. The van der Waals surface area contributed by atoms with Crippen molar-refractivity contribution in [3.63, 3.8) is 0 Å². The van der Waals surface area contributed by atoms with Gasteiger partial charge in [-0.05, 0) is 115 Å². The number of hydrogen-bond donors (Lipinski definition) is 0. The van der Waals surface area contributed by atoms with Crippen LogP contribution in [0.1, 0.15) is 160 Å². The Hall–Kier alpha value is -6.68. The van der Waals surface area contributed by atoms with E-state index in [9.17, 15) is 0 Å². The van der Waals surface area contributed by atoms with Gasteiger partial charge < -0.3 is 19.1 Å². The van der Waals surface area contributed by atoms with E-state index in [1.54, 1.807) is 0 Å². The molecular weight excluding hydrogens is 1120 g/mol. The van der Waals surface area contributed by atoms with Gasteiger partial charge in [0.1, 0.15) is 5.82 Å². The molecule has 10 rings (SSSR count). The van der Waals surface area contributed by atoms with Gasteiger partial charge in [0.15, 0.2) is 0 Å². The average molecular weight is 1200 g/mol. The Morgan fingerprint density at radius 3 is 1.79 bits per heavy atom. The fourth-order valence-electron chi connectivity index (χ4n) is 10.7. The Bertz CT molecular complexity index is 3610. The summed E-state index contributed by atoms with van der Waals surface area (Å²) in [4.78, 5) is 9.68. The van der Waals surface area contributed by atoms with E-state index in [4.69, 9.17) is 9.72 Å². The van der Waals surface area contributed by atoms with Crippen LogP contribution in [0.2, 0.25) is 0 Å². The van der Waals surface area contributed by atoms with Crippen LogP contribution in [-0.2, 0) is 42.7 Å². The molecule has 9 aromatic rings. The Labute approximate surface area is 474 Å². The second-order valence-electron chi connectivity index (χ2n) is 25.2. The molecule has 3 heterocycles. The molecule has 0 spiro atoms. The second-order valence-corrected chi connectivity index (χ2v) is 25.2. The summed E-state index contributed by atoms with van der Waals surface area (Å²) in [6.07, 6.45) is 4.26. The molecule has 0 atom stereocenters. The third kappa shape index (κ3) is 11.0. The molecule has 0 saturated heterocycles. The van der Waals surface area contributed by atoms with Crippen molar-refractivity contribution >= 4 is 38.9 Å². The summed E-state index contributed by atoms with van der Waals surface area (Å²) >= 11 is 0. The Balaban J connectivity index is 0.00000722. The van der Waals surface area contributed by atoms with Crippen molar-refractivity contribution < 1.29 is 25.8 Å². The summed E-state index contributed by atoms with van der Waals surface area (Å²) in [7, 11) is 0. The fraction of sp³-hybridized carbons (Fsp3) is 0.296. The maximum absolute atomic E-state index is 7.10. The normalized spacial score (nSPS) is 13.5. The predicted octanol–water partition coefficient (Wildman–Crippen LogP) is 19.1. The van der Waals surface area contributed by atoms with Gasteiger partial charge in [0.2, 0.25) is 0 Å². The molecule has 0 N–H and O–H groups in total. The van der Waals surface area contributed by atoms with Crippen LogP contribution in [0.5, 0.6) is 11.5 Å². The van der Waals surface area contributed by atoms with Crippen molar-refractivity contribution in [1.82, 2.24) is 9.55 Å². The largest absolute Gasteiger partial charge is 0.509 e. The topological polar surface area (TPSA) is 33.5 Å². The molecule has 0 bridgehead atoms. The maximum atomic E-state index is 7.10. The number of nitrogens with zero attached hydrogens (tertiary/aromatic N) is 4. The van der Waals surface area contributed by atoms with Gasteiger partial charge in [-0.2, -0.15) is 6.07 Å². The fourth-order valence-corrected chi connectivity index (χ4v) is 10.7. The first kappa shape index (κ1) is 55.1. The molecule has 0 saturated carbocycles. The van der Waals surface area contributed by atoms with E-state index in [1.165, 1.54) is 50.1 Å². The number of hydrogen-bond acceptors (Lipinski definition) is 4. The van der Waals surface area contributed by atoms with E-state index < -0.39 is 0 Å². The van der Waals surface area contributed by atoms with Crippen molar-refractivity contribution in [3.8, 4) is 28.4 Å². The Kier molecular flexibility index (Phi) is 15.0. The van der Waals surface area contributed by atoms with Crippen molar-refractivity contribution in [2.45, 2.75) is 137 Å². The number of anilines is 2. The van der Waals surface area contributed by atoms with Gasteiger partial charge in [0.05, 0.1) is 0 Å². The van der Waals surface area contributed by atoms with Gasteiger partial charge in [0.25, 0.3) is 0 Å². The van der Waals surface area contributed by atoms with Crippen molar-refractivity contribution in [2.75, 3.05) is 9.80 Å². The third-order valence-electron chi connectivity index (χ3n) is 15.5. The number of fused-ring (bicyclic) bond motifs is 3. The second kappa shape index (κ2) is 20.9. The molecule has 398 valence electrons. The molecule has 1 aliphatic heterocycles. The predicted molar refractivity (Wildman–Crippen MR) is 321 cm³/mol. The van der Waals surface area contributed by atoms with Gasteiger partial charge in [-0.1, -0.05) is 206 Å². The summed E-state index contributed by atoms with van der Waals surface area (Å²) in [5.74, 6) is 2.65. The van der Waals surface area contributed by atoms with Crippen LogP contribution in [0.15, 0.2) is 164 Å². The minimum atomic E-state index is -0.222. The number of aromatic nitrogens is 2. The van der Waals surface area contributed by atoms with Crippen LogP contribution < -0.4 is 14.5 Å². The summed E-state index contributed by atoms with van der Waals surface area (Å²) < 4.78 is 9.36. The van der Waals surface area contributed by atoms with Crippen LogP contribution in [0, 0.1) is 18.8 Å². The summed E-state index contributed by atoms with van der Waals surface area (Å²) in [5.41, 5.74) is 16.9. The molecule has 0 radical (unpaired) electrons. The standard InChI is InChI=1S/C71H75N4O.Pt/c1-46(2)59-27-22-28-60(47(3)4)67(59)65-44-73(55-36-49(48-23-18-16-19-24-48)35-53(37-55)69(8,9)10)45-74(65)56-38-54(70(11,12)13)39-58(42-56)76-57-30-31-61-62-40-52(71(14,15)50-25-20-17-21-26-50)29-32-63(62)75(64(61)43-57)66-41-51(33-34-72-66)68(5,6)7;/h16-41,44-47H,1-15H3;/q-3;. The first-order chi connectivity index (χ1) is 35.9. The van der Waals surface area contributed by atoms with Gasteiger partial charge in [-0.25, -0.2) is 4.98 Å². The third-order valence-corrected chi connectivity index (χ3v) is 15.5. The van der Waals surface area contributed by atoms with E-state index in [-0.39, 0.29) is 54.6 Å². The quantitative estimate of drug-likeness (QED) is 0.121. The number of ether oxygens (including phenoxy) is 1. The SMILES string of the molecule is CC(C)c1cccc(C(C)C)c1C1=CN(c2cc(-c3ccccc3)cc(C(C)(C)C)c2)[CH-]N1c1[c-]c(Oc2[c-]c3c(cc2)c2cc(C(C)(C)c4ccccc4)ccc2n3-c2cc(C(C)(C)C)ccn2)cc(C(C)(C)C)c1.[Pt]. The minimum absolute atomic E-state index is 0. The molecule has 77 heavy (non-hydrogen) atoms. The Morgan fingerprint density at radius 1 is 0.519 bits per heavy atom. The zero-order valence-corrected chi connectivity index (χ0v) is 50.1. The number of benzene rings is 7. The molecule has 7 aromatic carbocycles. The molecule has 0 amide bonds. The van der Waals surface area contributed by atoms with Crippen LogP contribution in [0.25, 0.3) is 44.4 Å². The van der Waals surface area contributed by atoms with Crippen molar-refractivity contribution in [1.29, 1.82) is 0 Å². The zero-order valence-electron chi connectivity index (χ0n) is 47.8. The van der Waals surface area contributed by atoms with E-state index in [0.717, 1.165) is 50.3 Å². The zero-order chi connectivity index (χ0) is 54.1. The van der Waals surface area contributed by atoms with Gasteiger partial charge in [-0.15, -0.1) is 53.6 Å². The van der Waals surface area contributed by atoms with Gasteiger partial charge in [0, 0.05) is 66.6 Å². The Morgan fingerprint density at radius 2 is 1.16 bits per heavy atom. The first-order valence-corrected chi connectivity index (χ1v) is 27.2. The van der Waals surface area contributed by atoms with E-state index in [0.29, 0.717) is 11.5 Å². The molecular formula is C71H75N4OPt-3. The molecule has 5 nitrogen and oxygen atoms in total. The van der Waals surface area contributed by atoms with E-state index >= 15 is 0 Å². The van der Waals surface area contributed by atoms with Crippen molar-refractivity contribution in [2.24, 2.45) is 0 Å². The van der Waals surface area contributed by atoms with Crippen LogP contribution in [0.3, 0.4) is 0 Å². The van der Waals surface area contributed by atoms with E-state index in [1.807, 2.05) is 6.20 Å². The van der Waals surface area contributed by atoms with Gasteiger partial charge in [-0.3, -0.25) is 0 Å². The molecule has 2 aromatic heterocycles. The summed E-state index contributed by atoms with van der Waals surface area (Å²) in [6.45, 7) is 36.5. The van der Waals surface area contributed by atoms with Crippen LogP contribution >= 0.6 is 0 Å². The smallest absolute Gasteiger partial charge is 0.135 e. The maximum Gasteiger partial charge on any atom is 0.135 e.